The number of methoxy groups -OCH3 is 1. The SMILES string of the molecule is CCCCCCCCCCCCCCCCCC(=O)OC[C@H](COP(=O)([O-])OCCNC(=O)OCCC(C)OC)OC(=O)CCCCCCCCCCCCCCCCC. The van der Waals surface area contributed by atoms with Gasteiger partial charge in [0.25, 0.3) is 7.82 Å². The molecule has 0 saturated carbocycles. The molecule has 12 nitrogen and oxygen atoms in total. The highest BCUT2D eigenvalue weighted by Crippen LogP contribution is 2.38. The van der Waals surface area contributed by atoms with Gasteiger partial charge in [-0.15, -0.1) is 0 Å². The maximum absolute atomic E-state index is 12.7. The van der Waals surface area contributed by atoms with Crippen molar-refractivity contribution in [1.29, 1.82) is 0 Å². The van der Waals surface area contributed by atoms with Crippen LogP contribution in [0.25, 0.3) is 0 Å². The molecular formula is C47H91NO11P-. The minimum absolute atomic E-state index is 0.0658. The molecule has 0 aromatic heterocycles. The third-order valence-electron chi connectivity index (χ3n) is 10.9. The molecule has 0 aliphatic heterocycles. The normalized spacial score (nSPS) is 13.4. The largest absolute Gasteiger partial charge is 0.756 e. The van der Waals surface area contributed by atoms with Crippen LogP contribution in [0.4, 0.5) is 4.79 Å². The van der Waals surface area contributed by atoms with Crippen molar-refractivity contribution in [2.75, 3.05) is 40.1 Å². The highest BCUT2D eigenvalue weighted by Gasteiger charge is 2.21. The Morgan fingerprint density at radius 3 is 1.35 bits per heavy atom. The Bertz CT molecular complexity index is 1030. The molecule has 356 valence electrons. The van der Waals surface area contributed by atoms with Crippen molar-refractivity contribution < 1.29 is 51.8 Å². The maximum Gasteiger partial charge on any atom is 0.407 e. The highest BCUT2D eigenvalue weighted by molar-refractivity contribution is 7.45. The summed E-state index contributed by atoms with van der Waals surface area (Å²) in [7, 11) is -3.26. The van der Waals surface area contributed by atoms with Crippen molar-refractivity contribution in [2.24, 2.45) is 0 Å². The van der Waals surface area contributed by atoms with Gasteiger partial charge in [0.1, 0.15) is 6.61 Å². The molecule has 60 heavy (non-hydrogen) atoms. The molecule has 0 aromatic carbocycles. The quantitative estimate of drug-likeness (QED) is 0.0268. The standard InChI is InChI=1S/C47H92NO11P/c1-5-7-9-11-13-15-17-19-21-23-25-27-29-31-33-35-45(49)56-41-44(42-58-60(52,53)57-40-38-48-47(51)55-39-37-43(3)54-4)59-46(50)36-34-32-30-28-26-24-22-20-18-16-14-12-10-8-6-2/h43-44H,5-42H2,1-4H3,(H,48,51)(H,52,53)/p-1/t43?,44-/m1/s1. The Kier molecular flexibility index (Phi) is 42.7. The maximum atomic E-state index is 12.7. The van der Waals surface area contributed by atoms with Crippen molar-refractivity contribution >= 4 is 25.9 Å². The lowest BCUT2D eigenvalue weighted by Crippen LogP contribution is -2.31. The Hall–Kier alpha value is -1.72. The van der Waals surface area contributed by atoms with E-state index < -0.39 is 38.6 Å². The van der Waals surface area contributed by atoms with Crippen molar-refractivity contribution in [3.8, 4) is 0 Å². The molecule has 0 aliphatic carbocycles. The number of phosphoric ester groups is 1. The third kappa shape index (κ3) is 42.9. The number of carbonyl (C=O) groups is 3. The fraction of sp³-hybridized carbons (Fsp3) is 0.936. The Balaban J connectivity index is 4.48. The van der Waals surface area contributed by atoms with Gasteiger partial charge in [-0.2, -0.15) is 0 Å². The van der Waals surface area contributed by atoms with Crippen LogP contribution in [-0.4, -0.2) is 70.3 Å². The first-order chi connectivity index (χ1) is 29.1. The van der Waals surface area contributed by atoms with Gasteiger partial charge < -0.3 is 38.2 Å². The lowest BCUT2D eigenvalue weighted by molar-refractivity contribution is -0.228. The number of amides is 1. The number of alkyl carbamates (subject to hydrolysis) is 1. The van der Waals surface area contributed by atoms with Crippen LogP contribution in [0.15, 0.2) is 0 Å². The summed E-state index contributed by atoms with van der Waals surface area (Å²) in [6.07, 6.45) is 35.8. The van der Waals surface area contributed by atoms with E-state index in [1.54, 1.807) is 7.11 Å². The monoisotopic (exact) mass is 877 g/mol. The van der Waals surface area contributed by atoms with E-state index in [2.05, 4.69) is 19.2 Å². The van der Waals surface area contributed by atoms with E-state index >= 15 is 0 Å². The van der Waals surface area contributed by atoms with Crippen LogP contribution in [0, 0.1) is 0 Å². The second-order valence-corrected chi connectivity index (χ2v) is 18.1. The minimum atomic E-state index is -4.83. The van der Waals surface area contributed by atoms with E-state index in [9.17, 15) is 23.8 Å². The number of phosphoric acid groups is 1. The van der Waals surface area contributed by atoms with E-state index in [1.807, 2.05) is 6.92 Å². The van der Waals surface area contributed by atoms with E-state index in [-0.39, 0.29) is 45.3 Å². The zero-order valence-corrected chi connectivity index (χ0v) is 39.9. The number of nitrogens with one attached hydrogen (secondary N) is 1. The molecule has 0 bridgehead atoms. The van der Waals surface area contributed by atoms with Gasteiger partial charge in [0.05, 0.1) is 25.9 Å². The second kappa shape index (κ2) is 43.9. The topological polar surface area (TPSA) is 159 Å². The van der Waals surface area contributed by atoms with E-state index in [0.717, 1.165) is 38.5 Å². The van der Waals surface area contributed by atoms with Gasteiger partial charge in [-0.25, -0.2) is 4.79 Å². The van der Waals surface area contributed by atoms with Gasteiger partial charge in [0.15, 0.2) is 6.10 Å². The van der Waals surface area contributed by atoms with E-state index in [0.29, 0.717) is 19.3 Å². The first-order valence-electron chi connectivity index (χ1n) is 24.5. The number of hydrogen-bond acceptors (Lipinski definition) is 11. The zero-order valence-electron chi connectivity index (χ0n) is 39.0. The fourth-order valence-electron chi connectivity index (χ4n) is 6.91. The average Bonchev–Trinajstić information content (AvgIpc) is 3.23. The molecule has 0 spiro atoms. The molecule has 1 amide bonds. The smallest absolute Gasteiger partial charge is 0.407 e. The predicted molar refractivity (Wildman–Crippen MR) is 240 cm³/mol. The third-order valence-corrected chi connectivity index (χ3v) is 11.9. The van der Waals surface area contributed by atoms with Crippen LogP contribution in [0.1, 0.15) is 233 Å². The van der Waals surface area contributed by atoms with Gasteiger partial charge >= 0.3 is 18.0 Å². The van der Waals surface area contributed by atoms with Crippen molar-refractivity contribution in [2.45, 2.75) is 245 Å². The van der Waals surface area contributed by atoms with Gasteiger partial charge in [0, 0.05) is 32.9 Å². The first kappa shape index (κ1) is 58.3. The van der Waals surface area contributed by atoms with Crippen molar-refractivity contribution in [3.05, 3.63) is 0 Å². The molecule has 0 rings (SSSR count). The number of ether oxygens (including phenoxy) is 4. The number of esters is 2. The summed E-state index contributed by atoms with van der Waals surface area (Å²) < 4.78 is 43.4. The number of unbranched alkanes of at least 4 members (excludes halogenated alkanes) is 28. The van der Waals surface area contributed by atoms with Gasteiger partial charge in [-0.3, -0.25) is 14.2 Å². The molecule has 2 unspecified atom stereocenters. The molecule has 0 radical (unpaired) electrons. The molecule has 0 aliphatic rings. The summed E-state index contributed by atoms with van der Waals surface area (Å²) in [5.41, 5.74) is 0. The van der Waals surface area contributed by atoms with Crippen LogP contribution in [0.2, 0.25) is 0 Å². The fourth-order valence-corrected chi connectivity index (χ4v) is 7.65. The summed E-state index contributed by atoms with van der Waals surface area (Å²) in [5, 5.41) is 2.40. The molecule has 0 saturated heterocycles. The lowest BCUT2D eigenvalue weighted by atomic mass is 10.0. The predicted octanol–water partition coefficient (Wildman–Crippen LogP) is 12.6. The second-order valence-electron chi connectivity index (χ2n) is 16.7. The first-order valence-corrected chi connectivity index (χ1v) is 26.0. The van der Waals surface area contributed by atoms with Gasteiger partial charge in [0.2, 0.25) is 0 Å². The van der Waals surface area contributed by atoms with Crippen molar-refractivity contribution in [1.82, 2.24) is 5.32 Å². The Morgan fingerprint density at radius 2 is 0.933 bits per heavy atom. The molecule has 0 aromatic rings. The summed E-state index contributed by atoms with van der Waals surface area (Å²) in [4.78, 5) is 49.5. The minimum Gasteiger partial charge on any atom is -0.756 e. The van der Waals surface area contributed by atoms with Gasteiger partial charge in [-0.05, 0) is 19.8 Å². The van der Waals surface area contributed by atoms with Crippen LogP contribution in [0.3, 0.4) is 0 Å². The van der Waals surface area contributed by atoms with Crippen LogP contribution in [-0.2, 0) is 42.1 Å². The Morgan fingerprint density at radius 1 is 0.533 bits per heavy atom. The van der Waals surface area contributed by atoms with Crippen LogP contribution in [0.5, 0.6) is 0 Å². The summed E-state index contributed by atoms with van der Waals surface area (Å²) in [6, 6.07) is 0. The Labute approximate surface area is 367 Å². The summed E-state index contributed by atoms with van der Waals surface area (Å²) >= 11 is 0. The number of carbonyl (C=O) groups excluding carboxylic acids is 3. The average molecular weight is 877 g/mol. The van der Waals surface area contributed by atoms with E-state index in [1.165, 1.54) is 141 Å². The number of hydrogen-bond donors (Lipinski definition) is 1. The van der Waals surface area contributed by atoms with Crippen molar-refractivity contribution in [3.63, 3.8) is 0 Å². The molecule has 0 fully saturated rings. The molecular weight excluding hydrogens is 785 g/mol. The highest BCUT2D eigenvalue weighted by atomic mass is 31.2. The number of rotatable bonds is 46. The molecule has 0 heterocycles. The zero-order chi connectivity index (χ0) is 44.2. The molecule has 13 heteroatoms. The summed E-state index contributed by atoms with van der Waals surface area (Å²) in [5.74, 6) is -0.926. The van der Waals surface area contributed by atoms with Crippen LogP contribution >= 0.6 is 7.82 Å². The molecule has 3 atom stereocenters. The van der Waals surface area contributed by atoms with Gasteiger partial charge in [-0.1, -0.05) is 194 Å². The lowest BCUT2D eigenvalue weighted by Gasteiger charge is -2.25. The van der Waals surface area contributed by atoms with E-state index in [4.69, 9.17) is 28.0 Å². The summed E-state index contributed by atoms with van der Waals surface area (Å²) in [6.45, 7) is 5.09. The van der Waals surface area contributed by atoms with Crippen LogP contribution < -0.4 is 10.2 Å². The molecule has 1 N–H and O–H groups in total.